The van der Waals surface area contributed by atoms with E-state index in [1.54, 1.807) is 24.3 Å². The maximum atomic E-state index is 11.6. The molecule has 1 N–H and O–H groups in total. The van der Waals surface area contributed by atoms with E-state index in [4.69, 9.17) is 5.11 Å². The summed E-state index contributed by atoms with van der Waals surface area (Å²) in [6, 6.07) is 6.58. The van der Waals surface area contributed by atoms with Crippen LogP contribution in [0.2, 0.25) is 0 Å². The van der Waals surface area contributed by atoms with Crippen molar-refractivity contribution in [2.75, 3.05) is 11.4 Å². The second kappa shape index (κ2) is 3.77. The lowest BCUT2D eigenvalue weighted by Crippen LogP contribution is -2.31. The predicted molar refractivity (Wildman–Crippen MR) is 55.4 cm³/mol. The summed E-state index contributed by atoms with van der Waals surface area (Å²) in [4.78, 5) is 34.7. The molecule has 1 aromatic rings. The van der Waals surface area contributed by atoms with Crippen LogP contribution in [-0.2, 0) is 9.59 Å². The molecular formula is C11H9NO4. The molecule has 0 saturated carbocycles. The number of fused-ring (bicyclic) bond motifs is 1. The van der Waals surface area contributed by atoms with E-state index in [-0.39, 0.29) is 13.0 Å². The zero-order valence-corrected chi connectivity index (χ0v) is 8.34. The third kappa shape index (κ3) is 1.56. The van der Waals surface area contributed by atoms with Crippen molar-refractivity contribution in [1.82, 2.24) is 0 Å². The maximum absolute atomic E-state index is 11.6. The molecule has 0 aromatic heterocycles. The number of aliphatic carboxylic acids is 1. The van der Waals surface area contributed by atoms with Gasteiger partial charge < -0.3 is 10.0 Å². The van der Waals surface area contributed by atoms with Gasteiger partial charge in [0.25, 0.3) is 11.7 Å². The van der Waals surface area contributed by atoms with Crippen molar-refractivity contribution in [2.45, 2.75) is 6.42 Å². The minimum Gasteiger partial charge on any atom is -0.481 e. The topological polar surface area (TPSA) is 74.7 Å². The van der Waals surface area contributed by atoms with Crippen LogP contribution in [0.3, 0.4) is 0 Å². The van der Waals surface area contributed by atoms with E-state index >= 15 is 0 Å². The molecule has 0 spiro atoms. The Morgan fingerprint density at radius 3 is 2.62 bits per heavy atom. The van der Waals surface area contributed by atoms with Gasteiger partial charge in [0.2, 0.25) is 0 Å². The number of hydrogen-bond donors (Lipinski definition) is 1. The van der Waals surface area contributed by atoms with E-state index in [2.05, 4.69) is 0 Å². The first-order valence-corrected chi connectivity index (χ1v) is 4.78. The first-order valence-electron chi connectivity index (χ1n) is 4.78. The van der Waals surface area contributed by atoms with Crippen molar-refractivity contribution in [3.8, 4) is 0 Å². The highest BCUT2D eigenvalue weighted by Crippen LogP contribution is 2.28. The molecule has 0 atom stereocenters. The highest BCUT2D eigenvalue weighted by atomic mass is 16.4. The van der Waals surface area contributed by atoms with Crippen LogP contribution >= 0.6 is 0 Å². The van der Waals surface area contributed by atoms with Crippen LogP contribution in [0, 0.1) is 0 Å². The van der Waals surface area contributed by atoms with E-state index in [1.165, 1.54) is 4.90 Å². The molecule has 0 bridgehead atoms. The molecule has 1 aliphatic heterocycles. The van der Waals surface area contributed by atoms with E-state index < -0.39 is 17.7 Å². The van der Waals surface area contributed by atoms with Gasteiger partial charge in [0, 0.05) is 6.54 Å². The first-order chi connectivity index (χ1) is 7.61. The van der Waals surface area contributed by atoms with Gasteiger partial charge in [-0.05, 0) is 12.1 Å². The number of anilines is 1. The van der Waals surface area contributed by atoms with Crippen LogP contribution in [-0.4, -0.2) is 29.3 Å². The third-order valence-electron chi connectivity index (χ3n) is 2.43. The Balaban J connectivity index is 2.30. The summed E-state index contributed by atoms with van der Waals surface area (Å²) in [6.45, 7) is 0.0247. The van der Waals surface area contributed by atoms with Gasteiger partial charge in [-0.3, -0.25) is 14.4 Å². The Bertz CT molecular complexity index is 481. The number of benzene rings is 1. The third-order valence-corrected chi connectivity index (χ3v) is 2.43. The summed E-state index contributed by atoms with van der Waals surface area (Å²) in [5.41, 5.74) is 0.844. The van der Waals surface area contributed by atoms with Gasteiger partial charge >= 0.3 is 5.97 Å². The molecule has 0 radical (unpaired) electrons. The maximum Gasteiger partial charge on any atom is 0.305 e. The molecule has 1 heterocycles. The van der Waals surface area contributed by atoms with Crippen molar-refractivity contribution in [3.05, 3.63) is 29.8 Å². The summed E-state index contributed by atoms with van der Waals surface area (Å²) < 4.78 is 0. The lowest BCUT2D eigenvalue weighted by molar-refractivity contribution is -0.136. The minimum atomic E-state index is -0.996. The lowest BCUT2D eigenvalue weighted by Gasteiger charge is -2.14. The highest BCUT2D eigenvalue weighted by Gasteiger charge is 2.35. The summed E-state index contributed by atoms with van der Waals surface area (Å²) in [6.07, 6.45) is -0.173. The average molecular weight is 219 g/mol. The Morgan fingerprint density at radius 2 is 1.94 bits per heavy atom. The van der Waals surface area contributed by atoms with Crippen molar-refractivity contribution < 1.29 is 19.5 Å². The van der Waals surface area contributed by atoms with Gasteiger partial charge in [0.1, 0.15) is 0 Å². The summed E-state index contributed by atoms with van der Waals surface area (Å²) in [5, 5.41) is 8.55. The molecule has 0 unspecified atom stereocenters. The van der Waals surface area contributed by atoms with Crippen LogP contribution in [0.15, 0.2) is 24.3 Å². The number of carbonyl (C=O) groups excluding carboxylic acids is 2. The first kappa shape index (κ1) is 10.4. The zero-order valence-electron chi connectivity index (χ0n) is 8.34. The van der Waals surface area contributed by atoms with Gasteiger partial charge in [-0.15, -0.1) is 0 Å². The fourth-order valence-electron chi connectivity index (χ4n) is 1.68. The number of rotatable bonds is 3. The van der Waals surface area contributed by atoms with Gasteiger partial charge in [0.15, 0.2) is 0 Å². The van der Waals surface area contributed by atoms with E-state index in [9.17, 15) is 14.4 Å². The molecule has 16 heavy (non-hydrogen) atoms. The predicted octanol–water partition coefficient (Wildman–Crippen LogP) is 0.691. The number of hydrogen-bond acceptors (Lipinski definition) is 3. The molecule has 82 valence electrons. The van der Waals surface area contributed by atoms with Crippen molar-refractivity contribution in [3.63, 3.8) is 0 Å². The highest BCUT2D eigenvalue weighted by molar-refractivity contribution is 6.52. The van der Waals surface area contributed by atoms with Gasteiger partial charge in [-0.1, -0.05) is 12.1 Å². The normalized spacial score (nSPS) is 14.1. The monoisotopic (exact) mass is 219 g/mol. The van der Waals surface area contributed by atoms with Crippen LogP contribution in [0.4, 0.5) is 5.69 Å². The van der Waals surface area contributed by atoms with Crippen LogP contribution < -0.4 is 4.90 Å². The standard InChI is InChI=1S/C11H9NO4/c13-9(14)5-6-12-8-4-2-1-3-7(8)10(15)11(12)16/h1-4H,5-6H2,(H,13,14). The number of nitrogens with zero attached hydrogens (tertiary/aromatic N) is 1. The Kier molecular flexibility index (Phi) is 2.44. The molecule has 1 aliphatic rings. The van der Waals surface area contributed by atoms with E-state index in [0.29, 0.717) is 11.3 Å². The van der Waals surface area contributed by atoms with Crippen molar-refractivity contribution in [2.24, 2.45) is 0 Å². The number of para-hydroxylation sites is 1. The fourth-order valence-corrected chi connectivity index (χ4v) is 1.68. The molecule has 0 saturated heterocycles. The quantitative estimate of drug-likeness (QED) is 0.759. The van der Waals surface area contributed by atoms with Gasteiger partial charge in [-0.25, -0.2) is 0 Å². The van der Waals surface area contributed by atoms with Gasteiger partial charge in [-0.2, -0.15) is 0 Å². The van der Waals surface area contributed by atoms with E-state index in [1.807, 2.05) is 0 Å². The molecule has 2 rings (SSSR count). The van der Waals surface area contributed by atoms with Crippen molar-refractivity contribution >= 4 is 23.3 Å². The van der Waals surface area contributed by atoms with Crippen molar-refractivity contribution in [1.29, 1.82) is 0 Å². The van der Waals surface area contributed by atoms with Gasteiger partial charge in [0.05, 0.1) is 17.7 Å². The molecular weight excluding hydrogens is 210 g/mol. The average Bonchev–Trinajstić information content (AvgIpc) is 2.50. The van der Waals surface area contributed by atoms with E-state index in [0.717, 1.165) is 0 Å². The second-order valence-electron chi connectivity index (χ2n) is 3.45. The zero-order chi connectivity index (χ0) is 11.7. The minimum absolute atomic E-state index is 0.0247. The summed E-state index contributed by atoms with van der Waals surface area (Å²) >= 11 is 0. The smallest absolute Gasteiger partial charge is 0.305 e. The van der Waals surface area contributed by atoms with Crippen LogP contribution in [0.5, 0.6) is 0 Å². The number of ketones is 1. The molecule has 0 aliphatic carbocycles. The molecule has 1 amide bonds. The number of carboxylic acid groups (broad SMARTS) is 1. The largest absolute Gasteiger partial charge is 0.481 e. The SMILES string of the molecule is O=C(O)CCN1C(=O)C(=O)c2ccccc21. The number of carbonyl (C=O) groups is 3. The van der Waals surface area contributed by atoms with Crippen LogP contribution in [0.1, 0.15) is 16.8 Å². The number of Topliss-reactive ketones (excluding diaryl/α,β-unsaturated/α-hetero) is 1. The number of carboxylic acids is 1. The Hall–Kier alpha value is -2.17. The fraction of sp³-hybridized carbons (Fsp3) is 0.182. The molecule has 5 heteroatoms. The summed E-state index contributed by atoms with van der Waals surface area (Å²) in [5.74, 6) is -2.21. The molecule has 1 aromatic carbocycles. The second-order valence-corrected chi connectivity index (χ2v) is 3.45. The molecule has 0 fully saturated rings. The van der Waals surface area contributed by atoms with Crippen LogP contribution in [0.25, 0.3) is 0 Å². The summed E-state index contributed by atoms with van der Waals surface area (Å²) in [7, 11) is 0. The lowest BCUT2D eigenvalue weighted by atomic mass is 10.1. The Morgan fingerprint density at radius 1 is 1.25 bits per heavy atom. The number of amides is 1. The Labute approximate surface area is 91.3 Å². The molecule has 5 nitrogen and oxygen atoms in total.